The van der Waals surface area contributed by atoms with Crippen LogP contribution in [0.5, 0.6) is 0 Å². The van der Waals surface area contributed by atoms with Gasteiger partial charge in [-0.25, -0.2) is 0 Å². The van der Waals surface area contributed by atoms with Crippen LogP contribution in [-0.4, -0.2) is 5.91 Å². The Labute approximate surface area is 186 Å². The molecule has 3 aromatic rings. The van der Waals surface area contributed by atoms with E-state index in [-0.39, 0.29) is 11.9 Å². The van der Waals surface area contributed by atoms with Crippen LogP contribution in [0.3, 0.4) is 0 Å². The third-order valence-electron chi connectivity index (χ3n) is 5.51. The number of carbonyl (C=O) groups excluding carboxylic acids is 1. The minimum Gasteiger partial charge on any atom is -0.351 e. The quantitative estimate of drug-likeness (QED) is 0.445. The summed E-state index contributed by atoms with van der Waals surface area (Å²) in [7, 11) is 0. The molecule has 30 heavy (non-hydrogen) atoms. The minimum atomic E-state index is -0.167. The Kier molecular flexibility index (Phi) is 6.05. The van der Waals surface area contributed by atoms with E-state index in [4.69, 9.17) is 0 Å². The van der Waals surface area contributed by atoms with Gasteiger partial charge >= 0.3 is 0 Å². The predicted octanol–water partition coefficient (Wildman–Crippen LogP) is 6.66. The fourth-order valence-corrected chi connectivity index (χ4v) is 4.16. The van der Waals surface area contributed by atoms with Gasteiger partial charge in [0.25, 0.3) is 5.91 Å². The molecule has 0 aliphatic carbocycles. The number of hydrogen-bond donors (Lipinski definition) is 1. The lowest BCUT2D eigenvalue weighted by atomic mass is 10.1. The van der Waals surface area contributed by atoms with Gasteiger partial charge in [-0.15, -0.1) is 0 Å². The van der Waals surface area contributed by atoms with Crippen molar-refractivity contribution < 1.29 is 4.79 Å². The van der Waals surface area contributed by atoms with E-state index < -0.39 is 0 Å². The van der Waals surface area contributed by atoms with E-state index in [0.717, 1.165) is 34.3 Å². The van der Waals surface area contributed by atoms with Crippen molar-refractivity contribution in [1.82, 2.24) is 0 Å². The first-order valence-corrected chi connectivity index (χ1v) is 11.1. The van der Waals surface area contributed by atoms with Crippen LogP contribution in [0.15, 0.2) is 89.0 Å². The summed E-state index contributed by atoms with van der Waals surface area (Å²) in [5.41, 5.74) is 6.02. The van der Waals surface area contributed by atoms with Crippen molar-refractivity contribution in [3.8, 4) is 0 Å². The number of benzene rings is 3. The molecule has 1 N–H and O–H groups in total. The number of anilines is 2. The Bertz CT molecular complexity index is 1070. The average Bonchev–Trinajstić information content (AvgIpc) is 3.10. The van der Waals surface area contributed by atoms with Crippen molar-refractivity contribution >= 4 is 33.2 Å². The molecular weight excluding hydrogens is 436 g/mol. The number of amides is 1. The average molecular weight is 461 g/mol. The van der Waals surface area contributed by atoms with Gasteiger partial charge in [0.1, 0.15) is 5.70 Å². The summed E-state index contributed by atoms with van der Waals surface area (Å²) in [5, 5.41) is 3.34. The molecule has 0 saturated heterocycles. The summed E-state index contributed by atoms with van der Waals surface area (Å²) >= 11 is 3.56. The number of halogens is 1. The van der Waals surface area contributed by atoms with E-state index in [2.05, 4.69) is 71.5 Å². The summed E-state index contributed by atoms with van der Waals surface area (Å²) in [4.78, 5) is 15.3. The first-order valence-electron chi connectivity index (χ1n) is 10.3. The van der Waals surface area contributed by atoms with Crippen LogP contribution >= 0.6 is 15.9 Å². The maximum atomic E-state index is 13.4. The fraction of sp³-hybridized carbons (Fsp3) is 0.192. The van der Waals surface area contributed by atoms with Gasteiger partial charge in [-0.1, -0.05) is 66.2 Å². The van der Waals surface area contributed by atoms with E-state index >= 15 is 0 Å². The van der Waals surface area contributed by atoms with Crippen LogP contribution in [0, 0.1) is 0 Å². The molecule has 0 aromatic heterocycles. The van der Waals surface area contributed by atoms with Crippen LogP contribution in [0.2, 0.25) is 0 Å². The zero-order chi connectivity index (χ0) is 21.1. The molecule has 0 bridgehead atoms. The number of carbonyl (C=O) groups is 1. The highest BCUT2D eigenvalue weighted by atomic mass is 79.9. The van der Waals surface area contributed by atoms with Crippen molar-refractivity contribution in [2.45, 2.75) is 32.7 Å². The minimum absolute atomic E-state index is 0.0243. The molecule has 1 aliphatic heterocycles. The summed E-state index contributed by atoms with van der Waals surface area (Å²) < 4.78 is 0.999. The van der Waals surface area contributed by atoms with Crippen molar-refractivity contribution in [2.24, 2.45) is 0 Å². The summed E-state index contributed by atoms with van der Waals surface area (Å²) in [6.07, 6.45) is 3.99. The maximum Gasteiger partial charge on any atom is 0.275 e. The van der Waals surface area contributed by atoms with E-state index in [1.807, 2.05) is 47.4 Å². The lowest BCUT2D eigenvalue weighted by Gasteiger charge is -2.25. The Morgan fingerprint density at radius 1 is 0.900 bits per heavy atom. The Hall–Kier alpha value is -2.85. The van der Waals surface area contributed by atoms with Crippen LogP contribution in [0.25, 0.3) is 0 Å². The van der Waals surface area contributed by atoms with Gasteiger partial charge < -0.3 is 5.32 Å². The normalized spacial score (nSPS) is 16.0. The lowest BCUT2D eigenvalue weighted by Crippen LogP contribution is -2.30. The van der Waals surface area contributed by atoms with E-state index in [1.165, 1.54) is 11.1 Å². The lowest BCUT2D eigenvalue weighted by molar-refractivity contribution is -0.114. The molecule has 0 saturated carbocycles. The third-order valence-corrected chi connectivity index (χ3v) is 6.00. The van der Waals surface area contributed by atoms with Gasteiger partial charge in [-0.3, -0.25) is 9.69 Å². The molecule has 1 aliphatic rings. The second kappa shape index (κ2) is 8.88. The Balaban J connectivity index is 1.69. The molecule has 1 amide bonds. The zero-order valence-corrected chi connectivity index (χ0v) is 18.8. The zero-order valence-electron chi connectivity index (χ0n) is 17.2. The van der Waals surface area contributed by atoms with Crippen LogP contribution < -0.4 is 10.2 Å². The SMILES string of the molecule is CCc1ccc(NC2=C[C@@H](c3cccc(Br)c3)N(c3ccc(CC)cc3)C2=O)cc1. The molecule has 0 unspecified atom stereocenters. The van der Waals surface area contributed by atoms with E-state index in [9.17, 15) is 4.79 Å². The molecule has 1 atom stereocenters. The highest BCUT2D eigenvalue weighted by Crippen LogP contribution is 2.37. The first kappa shape index (κ1) is 20.4. The fourth-order valence-electron chi connectivity index (χ4n) is 3.74. The van der Waals surface area contributed by atoms with Gasteiger partial charge in [-0.05, 0) is 72.0 Å². The first-order chi connectivity index (χ1) is 14.6. The van der Waals surface area contributed by atoms with Crippen molar-refractivity contribution in [3.05, 3.63) is 106 Å². The molecule has 0 radical (unpaired) electrons. The van der Waals surface area contributed by atoms with Crippen LogP contribution in [-0.2, 0) is 17.6 Å². The predicted molar refractivity (Wildman–Crippen MR) is 128 cm³/mol. The summed E-state index contributed by atoms with van der Waals surface area (Å²) in [6, 6.07) is 24.5. The monoisotopic (exact) mass is 460 g/mol. The summed E-state index contributed by atoms with van der Waals surface area (Å²) in [6.45, 7) is 4.27. The topological polar surface area (TPSA) is 32.3 Å². The molecule has 3 nitrogen and oxygen atoms in total. The van der Waals surface area contributed by atoms with Crippen molar-refractivity contribution in [3.63, 3.8) is 0 Å². The molecule has 0 fully saturated rings. The molecule has 152 valence electrons. The van der Waals surface area contributed by atoms with Gasteiger partial charge in [-0.2, -0.15) is 0 Å². The van der Waals surface area contributed by atoms with Gasteiger partial charge in [0, 0.05) is 15.8 Å². The highest BCUT2D eigenvalue weighted by molar-refractivity contribution is 9.10. The number of rotatable bonds is 6. The van der Waals surface area contributed by atoms with Gasteiger partial charge in [0.2, 0.25) is 0 Å². The molecule has 4 heteroatoms. The van der Waals surface area contributed by atoms with Gasteiger partial charge in [0.05, 0.1) is 6.04 Å². The second-order valence-corrected chi connectivity index (χ2v) is 8.37. The number of nitrogens with one attached hydrogen (secondary N) is 1. The van der Waals surface area contributed by atoms with Gasteiger partial charge in [0.15, 0.2) is 0 Å². The maximum absolute atomic E-state index is 13.4. The molecule has 1 heterocycles. The third kappa shape index (κ3) is 4.19. The number of hydrogen-bond acceptors (Lipinski definition) is 2. The Morgan fingerprint density at radius 2 is 1.53 bits per heavy atom. The van der Waals surface area contributed by atoms with E-state index in [0.29, 0.717) is 5.70 Å². The second-order valence-electron chi connectivity index (χ2n) is 7.45. The smallest absolute Gasteiger partial charge is 0.275 e. The standard InChI is InChI=1S/C26H25BrN2O/c1-3-18-8-12-22(13-9-18)28-24-17-25(20-6-5-7-21(27)16-20)29(26(24)30)23-14-10-19(4-2)11-15-23/h5-17,25,28H,3-4H2,1-2H3/t25-/m0/s1. The van der Waals surface area contributed by atoms with Crippen molar-refractivity contribution in [2.75, 3.05) is 10.2 Å². The molecule has 0 spiro atoms. The van der Waals surface area contributed by atoms with E-state index in [1.54, 1.807) is 0 Å². The number of nitrogens with zero attached hydrogens (tertiary/aromatic N) is 1. The van der Waals surface area contributed by atoms with Crippen LogP contribution in [0.1, 0.15) is 36.6 Å². The Morgan fingerprint density at radius 3 is 2.13 bits per heavy atom. The highest BCUT2D eigenvalue weighted by Gasteiger charge is 2.34. The van der Waals surface area contributed by atoms with Crippen molar-refractivity contribution in [1.29, 1.82) is 0 Å². The summed E-state index contributed by atoms with van der Waals surface area (Å²) in [5.74, 6) is -0.0243. The molecule has 4 rings (SSSR count). The molecular formula is C26H25BrN2O. The largest absolute Gasteiger partial charge is 0.351 e. The number of aryl methyl sites for hydroxylation is 2. The van der Waals surface area contributed by atoms with Crippen LogP contribution in [0.4, 0.5) is 11.4 Å². The molecule has 3 aromatic carbocycles.